The van der Waals surface area contributed by atoms with Gasteiger partial charge in [0.25, 0.3) is 0 Å². The van der Waals surface area contributed by atoms with Crippen LogP contribution in [0.5, 0.6) is 0 Å². The van der Waals surface area contributed by atoms with Crippen LogP contribution in [0.3, 0.4) is 0 Å². The van der Waals surface area contributed by atoms with Gasteiger partial charge in [-0.1, -0.05) is 24.3 Å². The van der Waals surface area contributed by atoms with Crippen molar-refractivity contribution in [2.24, 2.45) is 0 Å². The fourth-order valence-corrected chi connectivity index (χ4v) is 2.29. The summed E-state index contributed by atoms with van der Waals surface area (Å²) in [6, 6.07) is 14.8. The minimum Gasteiger partial charge on any atom is -0.293 e. The summed E-state index contributed by atoms with van der Waals surface area (Å²) in [5.41, 5.74) is 3.45. The molecule has 0 saturated heterocycles. The van der Waals surface area contributed by atoms with Crippen LogP contribution < -0.4 is 0 Å². The Morgan fingerprint density at radius 3 is 2.80 bits per heavy atom. The first kappa shape index (κ1) is 7.23. The molecule has 0 aliphatic heterocycles. The van der Waals surface area contributed by atoms with E-state index in [0.29, 0.717) is 0 Å². The van der Waals surface area contributed by atoms with Crippen molar-refractivity contribution in [1.29, 1.82) is 0 Å². The topological polar surface area (TPSA) is 17.3 Å². The Hall–Kier alpha value is -2.09. The minimum absolute atomic E-state index is 1.06. The summed E-state index contributed by atoms with van der Waals surface area (Å²) in [7, 11) is 0. The Morgan fingerprint density at radius 1 is 0.933 bits per heavy atom. The van der Waals surface area contributed by atoms with Gasteiger partial charge in [0, 0.05) is 10.9 Å². The Balaban J connectivity index is 2.48. The van der Waals surface area contributed by atoms with Crippen LogP contribution in [-0.4, -0.2) is 9.38 Å². The lowest BCUT2D eigenvalue weighted by atomic mass is 10.1. The van der Waals surface area contributed by atoms with Crippen LogP contribution in [-0.2, 0) is 0 Å². The van der Waals surface area contributed by atoms with Gasteiger partial charge >= 0.3 is 0 Å². The molecule has 1 aromatic carbocycles. The van der Waals surface area contributed by atoms with E-state index in [-0.39, 0.29) is 0 Å². The first-order valence-electron chi connectivity index (χ1n) is 5.01. The molecule has 3 heterocycles. The number of imidazole rings is 1. The van der Waals surface area contributed by atoms with E-state index in [4.69, 9.17) is 0 Å². The van der Waals surface area contributed by atoms with E-state index in [1.165, 1.54) is 21.8 Å². The van der Waals surface area contributed by atoms with Crippen molar-refractivity contribution < 1.29 is 0 Å². The number of hydrogen-bond donors (Lipinski definition) is 0. The minimum atomic E-state index is 1.06. The zero-order valence-electron chi connectivity index (χ0n) is 8.01. The van der Waals surface area contributed by atoms with Gasteiger partial charge < -0.3 is 0 Å². The summed E-state index contributed by atoms with van der Waals surface area (Å²) in [4.78, 5) is 4.47. The fraction of sp³-hybridized carbons (Fsp3) is 0. The van der Waals surface area contributed by atoms with Crippen LogP contribution >= 0.6 is 0 Å². The van der Waals surface area contributed by atoms with Crippen LogP contribution in [0, 0.1) is 0 Å². The third kappa shape index (κ3) is 0.773. The molecular weight excluding hydrogens is 184 g/mol. The van der Waals surface area contributed by atoms with Crippen LogP contribution in [0.4, 0.5) is 0 Å². The summed E-state index contributed by atoms with van der Waals surface area (Å²) < 4.78 is 2.20. The normalized spacial score (nSPS) is 12.0. The molecular formula is C13H8N2. The van der Waals surface area contributed by atoms with Crippen LogP contribution in [0.2, 0.25) is 0 Å². The van der Waals surface area contributed by atoms with Gasteiger partial charge in [-0.2, -0.15) is 0 Å². The second-order valence-corrected chi connectivity index (χ2v) is 3.83. The number of fused-ring (bicyclic) bond motifs is 2. The highest BCUT2D eigenvalue weighted by Crippen LogP contribution is 2.25. The maximum absolute atomic E-state index is 4.47. The largest absolute Gasteiger partial charge is 0.293 e. The molecule has 4 rings (SSSR count). The van der Waals surface area contributed by atoms with Gasteiger partial charge in [0.2, 0.25) is 0 Å². The number of nitrogens with zero attached hydrogens (tertiary/aromatic N) is 2. The van der Waals surface area contributed by atoms with Gasteiger partial charge in [-0.3, -0.25) is 4.40 Å². The van der Waals surface area contributed by atoms with E-state index in [1.54, 1.807) is 0 Å². The predicted molar refractivity (Wildman–Crippen MR) is 61.4 cm³/mol. The maximum atomic E-state index is 4.47. The molecule has 0 amide bonds. The average molecular weight is 192 g/mol. The molecule has 0 radical (unpaired) electrons. The van der Waals surface area contributed by atoms with Crippen molar-refractivity contribution >= 4 is 27.5 Å². The first-order valence-corrected chi connectivity index (χ1v) is 5.01. The van der Waals surface area contributed by atoms with Gasteiger partial charge in [0.05, 0.1) is 11.7 Å². The lowest BCUT2D eigenvalue weighted by Gasteiger charge is -2.01. The number of pyridine rings is 1. The second kappa shape index (κ2) is 2.28. The number of hydrogen-bond acceptors (Lipinski definition) is 1. The standard InChI is InChI=1S/C13H8N2/c1-2-4-12-9(3-1)7-10-5-6-11-8-14-13(12)15(10)11/h1-8H. The first-order chi connectivity index (χ1) is 7.43. The summed E-state index contributed by atoms with van der Waals surface area (Å²) in [5.74, 6) is 0. The van der Waals surface area contributed by atoms with Crippen molar-refractivity contribution in [3.8, 4) is 0 Å². The molecule has 70 valence electrons. The number of aromatic nitrogens is 2. The molecule has 15 heavy (non-hydrogen) atoms. The molecule has 0 aliphatic carbocycles. The summed E-state index contributed by atoms with van der Waals surface area (Å²) in [6.07, 6.45) is 1.93. The van der Waals surface area contributed by atoms with E-state index in [2.05, 4.69) is 51.8 Å². The molecule has 0 atom stereocenters. The zero-order chi connectivity index (χ0) is 9.83. The Morgan fingerprint density at radius 2 is 1.80 bits per heavy atom. The van der Waals surface area contributed by atoms with Crippen molar-refractivity contribution in [3.05, 3.63) is 48.7 Å². The van der Waals surface area contributed by atoms with Crippen LogP contribution in [0.1, 0.15) is 0 Å². The van der Waals surface area contributed by atoms with E-state index < -0.39 is 0 Å². The van der Waals surface area contributed by atoms with Crippen molar-refractivity contribution in [1.82, 2.24) is 9.38 Å². The molecule has 0 saturated carbocycles. The molecule has 2 heteroatoms. The molecule has 0 unspecified atom stereocenters. The number of benzene rings is 1. The third-order valence-corrected chi connectivity index (χ3v) is 2.98. The lowest BCUT2D eigenvalue weighted by Crippen LogP contribution is -1.85. The predicted octanol–water partition coefficient (Wildman–Crippen LogP) is 3.08. The zero-order valence-corrected chi connectivity index (χ0v) is 8.01. The fourth-order valence-electron chi connectivity index (χ4n) is 2.29. The van der Waals surface area contributed by atoms with Crippen molar-refractivity contribution in [2.75, 3.05) is 0 Å². The van der Waals surface area contributed by atoms with E-state index in [9.17, 15) is 0 Å². The Bertz CT molecular complexity index is 767. The molecule has 0 fully saturated rings. The lowest BCUT2D eigenvalue weighted by molar-refractivity contribution is 1.33. The Labute approximate surface area is 86.1 Å². The Kier molecular flexibility index (Phi) is 1.10. The van der Waals surface area contributed by atoms with Crippen LogP contribution in [0.25, 0.3) is 27.5 Å². The van der Waals surface area contributed by atoms with Gasteiger partial charge in [-0.05, 0) is 23.6 Å². The average Bonchev–Trinajstić information content (AvgIpc) is 2.86. The SMILES string of the molecule is c1ccc2c(c1)cc1ccc3cnc2n31. The molecule has 4 aromatic rings. The third-order valence-electron chi connectivity index (χ3n) is 2.98. The van der Waals surface area contributed by atoms with Crippen molar-refractivity contribution in [2.45, 2.75) is 0 Å². The van der Waals surface area contributed by atoms with Gasteiger partial charge in [0.15, 0.2) is 0 Å². The summed E-state index contributed by atoms with van der Waals surface area (Å²) in [6.45, 7) is 0. The van der Waals surface area contributed by atoms with Gasteiger partial charge in [-0.25, -0.2) is 4.98 Å². The smallest absolute Gasteiger partial charge is 0.145 e. The van der Waals surface area contributed by atoms with Crippen LogP contribution in [0.15, 0.2) is 48.7 Å². The molecule has 0 bridgehead atoms. The second-order valence-electron chi connectivity index (χ2n) is 3.83. The van der Waals surface area contributed by atoms with E-state index in [0.717, 1.165) is 5.65 Å². The van der Waals surface area contributed by atoms with Gasteiger partial charge in [-0.15, -0.1) is 0 Å². The monoisotopic (exact) mass is 192 g/mol. The van der Waals surface area contributed by atoms with Crippen molar-refractivity contribution in [3.63, 3.8) is 0 Å². The molecule has 3 aromatic heterocycles. The van der Waals surface area contributed by atoms with E-state index >= 15 is 0 Å². The maximum Gasteiger partial charge on any atom is 0.145 e. The molecule has 0 spiro atoms. The molecule has 0 N–H and O–H groups in total. The molecule has 0 aliphatic rings. The van der Waals surface area contributed by atoms with Gasteiger partial charge in [0.1, 0.15) is 5.65 Å². The highest BCUT2D eigenvalue weighted by Gasteiger charge is 2.07. The highest BCUT2D eigenvalue weighted by atomic mass is 15.0. The summed E-state index contributed by atoms with van der Waals surface area (Å²) >= 11 is 0. The molecule has 2 nitrogen and oxygen atoms in total. The van der Waals surface area contributed by atoms with E-state index in [1.807, 2.05) is 6.20 Å². The number of rotatable bonds is 0. The highest BCUT2D eigenvalue weighted by molar-refractivity contribution is 5.99. The summed E-state index contributed by atoms with van der Waals surface area (Å²) in [5, 5.41) is 2.47. The quantitative estimate of drug-likeness (QED) is 0.418.